The van der Waals surface area contributed by atoms with Gasteiger partial charge in [-0.25, -0.2) is 12.8 Å². The van der Waals surface area contributed by atoms with Crippen molar-refractivity contribution in [2.45, 2.75) is 11.8 Å². The highest BCUT2D eigenvalue weighted by Crippen LogP contribution is 2.23. The number of benzene rings is 3. The molecule has 168 valence electrons. The molecule has 1 amide bonds. The highest BCUT2D eigenvalue weighted by Gasteiger charge is 2.19. The van der Waals surface area contributed by atoms with Gasteiger partial charge in [-0.1, -0.05) is 18.2 Å². The van der Waals surface area contributed by atoms with Gasteiger partial charge in [0, 0.05) is 29.5 Å². The van der Waals surface area contributed by atoms with Crippen molar-refractivity contribution < 1.29 is 17.6 Å². The Kier molecular flexibility index (Phi) is 5.93. The molecule has 10 heteroatoms. The van der Waals surface area contributed by atoms with Crippen LogP contribution in [0.15, 0.2) is 78.0 Å². The molecule has 1 heterocycles. The third-order valence-electron chi connectivity index (χ3n) is 4.95. The second kappa shape index (κ2) is 8.83. The number of amides is 1. The third kappa shape index (κ3) is 4.90. The van der Waals surface area contributed by atoms with Crippen molar-refractivity contribution in [3.8, 4) is 11.4 Å². The Morgan fingerprint density at radius 2 is 1.76 bits per heavy atom. The van der Waals surface area contributed by atoms with Crippen LogP contribution in [-0.2, 0) is 17.1 Å². The molecule has 0 saturated carbocycles. The topological polar surface area (TPSA) is 106 Å². The number of carbonyl (C=O) groups is 1. The summed E-state index contributed by atoms with van der Waals surface area (Å²) >= 11 is 0. The van der Waals surface area contributed by atoms with Crippen LogP contribution < -0.4 is 10.0 Å². The van der Waals surface area contributed by atoms with Gasteiger partial charge in [0.05, 0.1) is 4.90 Å². The van der Waals surface area contributed by atoms with E-state index in [2.05, 4.69) is 20.2 Å². The van der Waals surface area contributed by atoms with Crippen LogP contribution in [0.1, 0.15) is 15.9 Å². The molecular weight excluding hydrogens is 445 g/mol. The van der Waals surface area contributed by atoms with Gasteiger partial charge in [0.1, 0.15) is 12.1 Å². The summed E-state index contributed by atoms with van der Waals surface area (Å²) in [7, 11) is -2.17. The molecule has 0 unspecified atom stereocenters. The van der Waals surface area contributed by atoms with Gasteiger partial charge < -0.3 is 9.88 Å². The van der Waals surface area contributed by atoms with Gasteiger partial charge in [0.25, 0.3) is 15.9 Å². The molecule has 0 aliphatic carbocycles. The summed E-state index contributed by atoms with van der Waals surface area (Å²) in [6, 6.07) is 16.3. The Labute approximate surface area is 190 Å². The first-order valence-electron chi connectivity index (χ1n) is 9.88. The number of hydrogen-bond acceptors (Lipinski definition) is 5. The van der Waals surface area contributed by atoms with E-state index in [-0.39, 0.29) is 16.1 Å². The first kappa shape index (κ1) is 22.2. The summed E-state index contributed by atoms with van der Waals surface area (Å²) in [5.74, 6) is -0.292. The van der Waals surface area contributed by atoms with Crippen molar-refractivity contribution in [2.75, 3.05) is 10.0 Å². The predicted molar refractivity (Wildman–Crippen MR) is 123 cm³/mol. The van der Waals surface area contributed by atoms with E-state index < -0.39 is 21.7 Å². The molecule has 4 rings (SSSR count). The van der Waals surface area contributed by atoms with Gasteiger partial charge in [-0.3, -0.25) is 9.52 Å². The highest BCUT2D eigenvalue weighted by atomic mass is 32.2. The second-order valence-corrected chi connectivity index (χ2v) is 9.07. The van der Waals surface area contributed by atoms with Crippen LogP contribution >= 0.6 is 0 Å². The lowest BCUT2D eigenvalue weighted by Gasteiger charge is -2.12. The molecule has 0 saturated heterocycles. The summed E-state index contributed by atoms with van der Waals surface area (Å²) in [4.78, 5) is 12.9. The minimum Gasteiger partial charge on any atom is -0.322 e. The molecule has 3 aromatic carbocycles. The van der Waals surface area contributed by atoms with Gasteiger partial charge >= 0.3 is 0 Å². The van der Waals surface area contributed by atoms with Gasteiger partial charge in [-0.2, -0.15) is 0 Å². The number of aromatic nitrogens is 3. The number of halogens is 1. The summed E-state index contributed by atoms with van der Waals surface area (Å²) in [5.41, 5.74) is 2.32. The number of sulfonamides is 1. The van der Waals surface area contributed by atoms with Crippen LogP contribution in [0, 0.1) is 12.7 Å². The Hall–Kier alpha value is -4.05. The van der Waals surface area contributed by atoms with Gasteiger partial charge in [-0.15, -0.1) is 10.2 Å². The van der Waals surface area contributed by atoms with Crippen LogP contribution in [0.5, 0.6) is 0 Å². The molecule has 0 aliphatic rings. The zero-order valence-electron chi connectivity index (χ0n) is 17.8. The molecule has 0 atom stereocenters. The summed E-state index contributed by atoms with van der Waals surface area (Å²) in [6.07, 6.45) is 1.58. The van der Waals surface area contributed by atoms with Crippen molar-refractivity contribution in [3.63, 3.8) is 0 Å². The van der Waals surface area contributed by atoms with Crippen molar-refractivity contribution in [1.82, 2.24) is 14.8 Å². The molecule has 0 bridgehead atoms. The zero-order chi connectivity index (χ0) is 23.6. The molecular formula is C23H20FN5O3S. The van der Waals surface area contributed by atoms with Crippen molar-refractivity contribution in [2.24, 2.45) is 7.05 Å². The summed E-state index contributed by atoms with van der Waals surface area (Å²) in [6.45, 7) is 1.72. The van der Waals surface area contributed by atoms with E-state index in [0.717, 1.165) is 17.7 Å². The lowest BCUT2D eigenvalue weighted by atomic mass is 10.1. The van der Waals surface area contributed by atoms with Crippen molar-refractivity contribution in [1.29, 1.82) is 0 Å². The van der Waals surface area contributed by atoms with E-state index in [1.807, 2.05) is 13.1 Å². The van der Waals surface area contributed by atoms with Gasteiger partial charge in [-0.05, 0) is 61.0 Å². The fourth-order valence-corrected chi connectivity index (χ4v) is 4.31. The second-order valence-electron chi connectivity index (χ2n) is 7.39. The molecule has 4 aromatic rings. The lowest BCUT2D eigenvalue weighted by Crippen LogP contribution is -2.17. The summed E-state index contributed by atoms with van der Waals surface area (Å²) in [5, 5.41) is 10.7. The number of anilines is 2. The normalized spacial score (nSPS) is 11.2. The Morgan fingerprint density at radius 1 is 1.00 bits per heavy atom. The molecule has 1 aromatic heterocycles. The fourth-order valence-electron chi connectivity index (χ4n) is 3.22. The minimum atomic E-state index is -3.98. The molecule has 33 heavy (non-hydrogen) atoms. The zero-order valence-corrected chi connectivity index (χ0v) is 18.6. The quantitative estimate of drug-likeness (QED) is 0.448. The number of aryl methyl sites for hydroxylation is 2. The standard InChI is InChI=1S/C23H20FN5O3S/c1-15-6-11-20(33(31,32)28-18-9-7-17(24)8-10-18)13-21(15)23(30)26-19-5-3-4-16(12-19)22-27-25-14-29(22)2/h3-14,28H,1-2H3,(H,26,30). The highest BCUT2D eigenvalue weighted by molar-refractivity contribution is 7.92. The third-order valence-corrected chi connectivity index (χ3v) is 6.33. The minimum absolute atomic E-state index is 0.0876. The van der Waals surface area contributed by atoms with E-state index >= 15 is 0 Å². The number of carbonyl (C=O) groups excluding carboxylic acids is 1. The SMILES string of the molecule is Cc1ccc(S(=O)(=O)Nc2ccc(F)cc2)cc1C(=O)Nc1cccc(-c2nncn2C)c1. The first-order valence-corrected chi connectivity index (χ1v) is 11.4. The monoisotopic (exact) mass is 465 g/mol. The van der Waals surface area contributed by atoms with Crippen LogP contribution in [-0.4, -0.2) is 29.1 Å². The number of nitrogens with zero attached hydrogens (tertiary/aromatic N) is 3. The smallest absolute Gasteiger partial charge is 0.261 e. The van der Waals surface area contributed by atoms with E-state index in [1.165, 1.54) is 24.3 Å². The lowest BCUT2D eigenvalue weighted by molar-refractivity contribution is 0.102. The van der Waals surface area contributed by atoms with E-state index in [4.69, 9.17) is 0 Å². The first-order chi connectivity index (χ1) is 15.7. The Bertz CT molecular complexity index is 1430. The fraction of sp³-hybridized carbons (Fsp3) is 0.0870. The van der Waals surface area contributed by atoms with Crippen LogP contribution in [0.4, 0.5) is 15.8 Å². The van der Waals surface area contributed by atoms with Crippen LogP contribution in [0.3, 0.4) is 0 Å². The Morgan fingerprint density at radius 3 is 2.45 bits per heavy atom. The maximum absolute atomic E-state index is 13.1. The van der Waals surface area contributed by atoms with Gasteiger partial charge in [0.2, 0.25) is 0 Å². The van der Waals surface area contributed by atoms with Crippen LogP contribution in [0.2, 0.25) is 0 Å². The molecule has 0 spiro atoms. The Balaban J connectivity index is 1.58. The van der Waals surface area contributed by atoms with Crippen molar-refractivity contribution in [3.05, 3.63) is 90.0 Å². The predicted octanol–water partition coefficient (Wildman–Crippen LogP) is 3.98. The summed E-state index contributed by atoms with van der Waals surface area (Å²) < 4.78 is 42.8. The number of hydrogen-bond donors (Lipinski definition) is 2. The van der Waals surface area contributed by atoms with Crippen LogP contribution in [0.25, 0.3) is 11.4 Å². The molecule has 8 nitrogen and oxygen atoms in total. The average Bonchev–Trinajstić information content (AvgIpc) is 3.21. The maximum Gasteiger partial charge on any atom is 0.261 e. The number of nitrogens with one attached hydrogen (secondary N) is 2. The molecule has 0 fully saturated rings. The van der Waals surface area contributed by atoms with Crippen molar-refractivity contribution >= 4 is 27.3 Å². The van der Waals surface area contributed by atoms with E-state index in [0.29, 0.717) is 17.1 Å². The molecule has 2 N–H and O–H groups in total. The number of rotatable bonds is 6. The largest absolute Gasteiger partial charge is 0.322 e. The van der Waals surface area contributed by atoms with E-state index in [1.54, 1.807) is 42.1 Å². The molecule has 0 radical (unpaired) electrons. The average molecular weight is 466 g/mol. The molecule has 0 aliphatic heterocycles. The maximum atomic E-state index is 13.1. The van der Waals surface area contributed by atoms with E-state index in [9.17, 15) is 17.6 Å². The van der Waals surface area contributed by atoms with Gasteiger partial charge in [0.15, 0.2) is 5.82 Å².